The molecule has 0 fully saturated rings. The van der Waals surface area contributed by atoms with Crippen LogP contribution in [0.3, 0.4) is 0 Å². The van der Waals surface area contributed by atoms with Crippen molar-refractivity contribution >= 4 is 49.7 Å². The predicted molar refractivity (Wildman–Crippen MR) is 124 cm³/mol. The van der Waals surface area contributed by atoms with Crippen LogP contribution < -0.4 is 14.2 Å². The second kappa shape index (κ2) is 10.7. The van der Waals surface area contributed by atoms with E-state index in [1.165, 1.54) is 17.0 Å². The van der Waals surface area contributed by atoms with Gasteiger partial charge in [-0.15, -0.1) is 11.6 Å². The molecule has 2 aromatic carbocycles. The van der Waals surface area contributed by atoms with Crippen molar-refractivity contribution in [2.45, 2.75) is 33.4 Å². The van der Waals surface area contributed by atoms with Crippen LogP contribution in [0.25, 0.3) is 10.2 Å². The standard InChI is InChI=1S/C22H28ClN4O2S/c1-4-26(5-2)18-8-6-17(7-9-18)24-25-22-27(15-16(3)28)20-11-10-19(29-13-12-23)14-21(20)30-22/h6-11,14,16,28H,4-5,12-13,15H2,1-3H3/q+1. The van der Waals surface area contributed by atoms with E-state index in [4.69, 9.17) is 16.3 Å². The molecular formula is C22H28ClN4O2S+. The lowest BCUT2D eigenvalue weighted by atomic mass is 10.2. The van der Waals surface area contributed by atoms with Crippen molar-refractivity contribution in [3.05, 3.63) is 42.5 Å². The Morgan fingerprint density at radius 2 is 1.87 bits per heavy atom. The van der Waals surface area contributed by atoms with Crippen LogP contribution in [0.15, 0.2) is 52.7 Å². The summed E-state index contributed by atoms with van der Waals surface area (Å²) in [6.07, 6.45) is -0.498. The molecule has 1 N–H and O–H groups in total. The highest BCUT2D eigenvalue weighted by atomic mass is 35.5. The first-order valence-electron chi connectivity index (χ1n) is 10.2. The lowest BCUT2D eigenvalue weighted by Crippen LogP contribution is -2.37. The number of halogens is 1. The van der Waals surface area contributed by atoms with Crippen LogP contribution >= 0.6 is 22.9 Å². The van der Waals surface area contributed by atoms with Gasteiger partial charge in [0.15, 0.2) is 0 Å². The predicted octanol–water partition coefficient (Wildman–Crippen LogP) is 5.45. The van der Waals surface area contributed by atoms with Crippen molar-refractivity contribution in [3.8, 4) is 5.75 Å². The zero-order valence-corrected chi connectivity index (χ0v) is 19.2. The first kappa shape index (κ1) is 22.5. The topological polar surface area (TPSA) is 61.3 Å². The van der Waals surface area contributed by atoms with Gasteiger partial charge in [-0.05, 0) is 73.6 Å². The SMILES string of the molecule is CCN(CC)c1ccc(N=Nc2sc3cc(OCCCl)ccc3[n+]2CC(C)O)cc1. The number of nitrogens with zero attached hydrogens (tertiary/aromatic N) is 4. The molecule has 3 aromatic rings. The molecule has 0 spiro atoms. The van der Waals surface area contributed by atoms with Gasteiger partial charge in [0.2, 0.25) is 0 Å². The summed E-state index contributed by atoms with van der Waals surface area (Å²) in [6.45, 7) is 8.89. The van der Waals surface area contributed by atoms with E-state index in [1.54, 1.807) is 6.92 Å². The molecule has 0 bridgehead atoms. The highest BCUT2D eigenvalue weighted by Gasteiger charge is 2.21. The summed E-state index contributed by atoms with van der Waals surface area (Å²) in [7, 11) is 0. The van der Waals surface area contributed by atoms with E-state index in [9.17, 15) is 5.11 Å². The highest BCUT2D eigenvalue weighted by Crippen LogP contribution is 2.31. The molecular weight excluding hydrogens is 420 g/mol. The van der Waals surface area contributed by atoms with E-state index in [-0.39, 0.29) is 0 Å². The fourth-order valence-corrected chi connectivity index (χ4v) is 4.33. The molecule has 0 aliphatic rings. The van der Waals surface area contributed by atoms with Gasteiger partial charge < -0.3 is 14.7 Å². The third kappa shape index (κ3) is 5.47. The van der Waals surface area contributed by atoms with E-state index in [0.717, 1.165) is 39.9 Å². The van der Waals surface area contributed by atoms with Crippen LogP contribution in [0.4, 0.5) is 16.5 Å². The maximum Gasteiger partial charge on any atom is 0.409 e. The molecule has 30 heavy (non-hydrogen) atoms. The maximum atomic E-state index is 9.96. The van der Waals surface area contributed by atoms with Crippen molar-refractivity contribution in [1.82, 2.24) is 0 Å². The Labute approximate surface area is 186 Å². The van der Waals surface area contributed by atoms with E-state index < -0.39 is 6.10 Å². The highest BCUT2D eigenvalue weighted by molar-refractivity contribution is 7.21. The van der Waals surface area contributed by atoms with E-state index in [2.05, 4.69) is 41.1 Å². The van der Waals surface area contributed by atoms with Gasteiger partial charge in [0.05, 0.1) is 21.8 Å². The number of aliphatic hydroxyl groups is 1. The average molecular weight is 448 g/mol. The van der Waals surface area contributed by atoms with Gasteiger partial charge in [-0.2, -0.15) is 0 Å². The minimum Gasteiger partial charge on any atom is -0.492 e. The summed E-state index contributed by atoms with van der Waals surface area (Å²) in [5, 5.41) is 19.6. The quantitative estimate of drug-likeness (QED) is 0.255. The van der Waals surface area contributed by atoms with Crippen molar-refractivity contribution in [2.24, 2.45) is 10.2 Å². The Morgan fingerprint density at radius 1 is 1.13 bits per heavy atom. The largest absolute Gasteiger partial charge is 0.492 e. The first-order valence-corrected chi connectivity index (χ1v) is 11.5. The molecule has 6 nitrogen and oxygen atoms in total. The van der Waals surface area contributed by atoms with Crippen LogP contribution in [0.1, 0.15) is 20.8 Å². The third-order valence-electron chi connectivity index (χ3n) is 4.68. The van der Waals surface area contributed by atoms with E-state index in [0.29, 0.717) is 19.0 Å². The van der Waals surface area contributed by atoms with Crippen molar-refractivity contribution in [1.29, 1.82) is 0 Å². The smallest absolute Gasteiger partial charge is 0.409 e. The van der Waals surface area contributed by atoms with Gasteiger partial charge in [0.1, 0.15) is 30.1 Å². The van der Waals surface area contributed by atoms with Gasteiger partial charge in [0, 0.05) is 24.8 Å². The molecule has 1 heterocycles. The van der Waals surface area contributed by atoms with E-state index >= 15 is 0 Å². The molecule has 8 heteroatoms. The first-order chi connectivity index (χ1) is 14.5. The Morgan fingerprint density at radius 3 is 2.50 bits per heavy atom. The number of benzene rings is 2. The number of hydrogen-bond donors (Lipinski definition) is 1. The molecule has 0 amide bonds. The van der Waals surface area contributed by atoms with Crippen LogP contribution in [-0.4, -0.2) is 36.8 Å². The number of aliphatic hydroxyl groups excluding tert-OH is 1. The Balaban J connectivity index is 1.89. The lowest BCUT2D eigenvalue weighted by molar-refractivity contribution is -0.662. The normalized spacial score (nSPS) is 12.6. The number of thiazole rings is 1. The summed E-state index contributed by atoms with van der Waals surface area (Å²) >= 11 is 7.23. The molecule has 3 rings (SSSR count). The Bertz CT molecular complexity index is 985. The molecule has 0 saturated heterocycles. The van der Waals surface area contributed by atoms with E-state index in [1.807, 2.05) is 34.9 Å². The number of azo groups is 1. The third-order valence-corrected chi connectivity index (χ3v) is 5.86. The number of anilines is 1. The van der Waals surface area contributed by atoms with Gasteiger partial charge in [-0.25, -0.2) is 4.57 Å². The number of aromatic nitrogens is 1. The van der Waals surface area contributed by atoms with Gasteiger partial charge in [0.25, 0.3) is 0 Å². The molecule has 1 unspecified atom stereocenters. The second-order valence-corrected chi connectivity index (χ2v) is 8.29. The zero-order chi connectivity index (χ0) is 21.5. The molecule has 0 aliphatic carbocycles. The van der Waals surface area contributed by atoms with Crippen molar-refractivity contribution < 1.29 is 14.4 Å². The van der Waals surface area contributed by atoms with Crippen LogP contribution in [0.5, 0.6) is 5.75 Å². The van der Waals surface area contributed by atoms with Gasteiger partial charge >= 0.3 is 5.13 Å². The minimum atomic E-state index is -0.498. The number of hydrogen-bond acceptors (Lipinski definition) is 6. The molecule has 0 aliphatic heterocycles. The van der Waals surface area contributed by atoms with Crippen LogP contribution in [0, 0.1) is 0 Å². The zero-order valence-electron chi connectivity index (χ0n) is 17.6. The fourth-order valence-electron chi connectivity index (χ4n) is 3.24. The summed E-state index contributed by atoms with van der Waals surface area (Å²) in [5.74, 6) is 1.21. The number of rotatable bonds is 10. The molecule has 160 valence electrons. The molecule has 0 saturated carbocycles. The Kier molecular flexibility index (Phi) is 8.01. The summed E-state index contributed by atoms with van der Waals surface area (Å²) < 4.78 is 8.64. The summed E-state index contributed by atoms with van der Waals surface area (Å²) in [4.78, 5) is 2.29. The monoisotopic (exact) mass is 447 g/mol. The van der Waals surface area contributed by atoms with Crippen molar-refractivity contribution in [2.75, 3.05) is 30.5 Å². The number of fused-ring (bicyclic) bond motifs is 1. The fraction of sp³-hybridized carbons (Fsp3) is 0.409. The number of ether oxygens (including phenoxy) is 1. The van der Waals surface area contributed by atoms with Crippen molar-refractivity contribution in [3.63, 3.8) is 0 Å². The van der Waals surface area contributed by atoms with Gasteiger partial charge in [-0.3, -0.25) is 0 Å². The second-order valence-electron chi connectivity index (χ2n) is 6.90. The maximum absolute atomic E-state index is 9.96. The minimum absolute atomic E-state index is 0.441. The lowest BCUT2D eigenvalue weighted by Gasteiger charge is -2.20. The summed E-state index contributed by atoms with van der Waals surface area (Å²) in [6, 6.07) is 13.9. The molecule has 0 radical (unpaired) electrons. The van der Waals surface area contributed by atoms with Crippen LogP contribution in [-0.2, 0) is 6.54 Å². The number of alkyl halides is 1. The molecule has 1 atom stereocenters. The average Bonchev–Trinajstić information content (AvgIpc) is 3.08. The van der Waals surface area contributed by atoms with Crippen LogP contribution in [0.2, 0.25) is 0 Å². The Hall–Kier alpha value is -2.22. The molecule has 1 aromatic heterocycles. The summed E-state index contributed by atoms with van der Waals surface area (Å²) in [5.41, 5.74) is 2.96. The van der Waals surface area contributed by atoms with Gasteiger partial charge in [-0.1, -0.05) is 0 Å².